The molecule has 1 aromatic heterocycles. The van der Waals surface area contributed by atoms with Crippen LogP contribution in [0, 0.1) is 0 Å². The normalized spacial score (nSPS) is 10.0. The third-order valence-electron chi connectivity index (χ3n) is 1.96. The van der Waals surface area contributed by atoms with E-state index in [0.29, 0.717) is 19.5 Å². The van der Waals surface area contributed by atoms with Gasteiger partial charge in [0.15, 0.2) is 0 Å². The van der Waals surface area contributed by atoms with Crippen molar-refractivity contribution in [3.63, 3.8) is 0 Å². The standard InChI is InChI=1S/C8H14N4O/c1-12-8(4-9)7(5-11-12)2-3-10-6-13/h5-6H,2-4,9H2,1H3,(H,10,13). The third-order valence-corrected chi connectivity index (χ3v) is 1.96. The summed E-state index contributed by atoms with van der Waals surface area (Å²) in [5.41, 5.74) is 7.67. The molecule has 72 valence electrons. The number of hydrogen-bond donors (Lipinski definition) is 2. The molecule has 0 radical (unpaired) electrons. The van der Waals surface area contributed by atoms with E-state index in [1.807, 2.05) is 7.05 Å². The Morgan fingerprint density at radius 1 is 1.77 bits per heavy atom. The largest absolute Gasteiger partial charge is 0.358 e. The van der Waals surface area contributed by atoms with Crippen molar-refractivity contribution < 1.29 is 4.79 Å². The molecule has 0 aliphatic carbocycles. The Morgan fingerprint density at radius 2 is 2.54 bits per heavy atom. The van der Waals surface area contributed by atoms with Gasteiger partial charge < -0.3 is 11.1 Å². The van der Waals surface area contributed by atoms with Crippen molar-refractivity contribution in [2.24, 2.45) is 12.8 Å². The molecule has 0 bridgehead atoms. The van der Waals surface area contributed by atoms with E-state index in [9.17, 15) is 4.79 Å². The average molecular weight is 182 g/mol. The zero-order chi connectivity index (χ0) is 9.68. The summed E-state index contributed by atoms with van der Waals surface area (Å²) in [6, 6.07) is 0. The lowest BCUT2D eigenvalue weighted by Gasteiger charge is -2.02. The summed E-state index contributed by atoms with van der Waals surface area (Å²) in [5, 5.41) is 6.69. The van der Waals surface area contributed by atoms with E-state index in [1.165, 1.54) is 0 Å². The number of nitrogens with zero attached hydrogens (tertiary/aromatic N) is 2. The van der Waals surface area contributed by atoms with E-state index in [1.54, 1.807) is 10.9 Å². The maximum absolute atomic E-state index is 10.00. The maximum atomic E-state index is 10.00. The predicted molar refractivity (Wildman–Crippen MR) is 48.9 cm³/mol. The van der Waals surface area contributed by atoms with E-state index in [0.717, 1.165) is 17.7 Å². The summed E-state index contributed by atoms with van der Waals surface area (Å²) in [7, 11) is 1.86. The molecule has 0 saturated carbocycles. The zero-order valence-electron chi connectivity index (χ0n) is 7.66. The summed E-state index contributed by atoms with van der Waals surface area (Å²) >= 11 is 0. The highest BCUT2D eigenvalue weighted by molar-refractivity contribution is 5.45. The lowest BCUT2D eigenvalue weighted by atomic mass is 10.2. The average Bonchev–Trinajstić information content (AvgIpc) is 2.47. The molecule has 3 N–H and O–H groups in total. The maximum Gasteiger partial charge on any atom is 0.207 e. The fourth-order valence-electron chi connectivity index (χ4n) is 1.25. The van der Waals surface area contributed by atoms with Gasteiger partial charge in [-0.2, -0.15) is 5.10 Å². The van der Waals surface area contributed by atoms with E-state index in [-0.39, 0.29) is 0 Å². The molecule has 1 heterocycles. The van der Waals surface area contributed by atoms with Crippen molar-refractivity contribution in [1.82, 2.24) is 15.1 Å². The second-order valence-corrected chi connectivity index (χ2v) is 2.77. The second kappa shape index (κ2) is 4.61. The SMILES string of the molecule is Cn1ncc(CCNC=O)c1CN. The summed E-state index contributed by atoms with van der Waals surface area (Å²) in [4.78, 5) is 10.00. The highest BCUT2D eigenvalue weighted by Gasteiger charge is 2.05. The highest BCUT2D eigenvalue weighted by atomic mass is 16.1. The molecule has 5 heteroatoms. The number of aromatic nitrogens is 2. The zero-order valence-corrected chi connectivity index (χ0v) is 7.66. The Bertz CT molecular complexity index is 282. The van der Waals surface area contributed by atoms with Gasteiger partial charge in [0.1, 0.15) is 0 Å². The Balaban J connectivity index is 2.59. The van der Waals surface area contributed by atoms with Crippen molar-refractivity contribution >= 4 is 6.41 Å². The fourth-order valence-corrected chi connectivity index (χ4v) is 1.25. The van der Waals surface area contributed by atoms with Crippen LogP contribution in [0.15, 0.2) is 6.20 Å². The summed E-state index contributed by atoms with van der Waals surface area (Å²) < 4.78 is 1.76. The van der Waals surface area contributed by atoms with Gasteiger partial charge in [-0.3, -0.25) is 9.48 Å². The minimum Gasteiger partial charge on any atom is -0.358 e. The Hall–Kier alpha value is -1.36. The van der Waals surface area contributed by atoms with Gasteiger partial charge in [-0.1, -0.05) is 0 Å². The molecule has 1 aromatic rings. The highest BCUT2D eigenvalue weighted by Crippen LogP contribution is 2.06. The topological polar surface area (TPSA) is 72.9 Å². The van der Waals surface area contributed by atoms with Crippen LogP contribution in [0.5, 0.6) is 0 Å². The first-order chi connectivity index (χ1) is 6.29. The second-order valence-electron chi connectivity index (χ2n) is 2.77. The van der Waals surface area contributed by atoms with Crippen LogP contribution in [0.4, 0.5) is 0 Å². The van der Waals surface area contributed by atoms with Crippen LogP contribution in [0.2, 0.25) is 0 Å². The number of rotatable bonds is 5. The molecule has 13 heavy (non-hydrogen) atoms. The van der Waals surface area contributed by atoms with E-state index in [4.69, 9.17) is 5.73 Å². The number of hydrogen-bond acceptors (Lipinski definition) is 3. The van der Waals surface area contributed by atoms with Crippen LogP contribution >= 0.6 is 0 Å². The van der Waals surface area contributed by atoms with Crippen molar-refractivity contribution in [2.75, 3.05) is 6.54 Å². The van der Waals surface area contributed by atoms with Gasteiger partial charge in [0.2, 0.25) is 6.41 Å². The molecule has 0 spiro atoms. The molecule has 0 saturated heterocycles. The Labute approximate surface area is 76.9 Å². The van der Waals surface area contributed by atoms with Crippen molar-refractivity contribution in [2.45, 2.75) is 13.0 Å². The van der Waals surface area contributed by atoms with Gasteiger partial charge in [-0.15, -0.1) is 0 Å². The van der Waals surface area contributed by atoms with Crippen molar-refractivity contribution in [3.05, 3.63) is 17.5 Å². The van der Waals surface area contributed by atoms with Crippen LogP contribution in [-0.4, -0.2) is 22.7 Å². The predicted octanol–water partition coefficient (Wildman–Crippen LogP) is -0.833. The minimum atomic E-state index is 0.479. The van der Waals surface area contributed by atoms with Crippen LogP contribution < -0.4 is 11.1 Å². The van der Waals surface area contributed by atoms with E-state index >= 15 is 0 Å². The lowest BCUT2D eigenvalue weighted by molar-refractivity contribution is -0.109. The molecular formula is C8H14N4O. The third kappa shape index (κ3) is 2.29. The number of nitrogens with one attached hydrogen (secondary N) is 1. The van der Waals surface area contributed by atoms with Crippen LogP contribution in [-0.2, 0) is 24.8 Å². The molecule has 0 unspecified atom stereocenters. The first kappa shape index (κ1) is 9.73. The van der Waals surface area contributed by atoms with E-state index < -0.39 is 0 Å². The van der Waals surface area contributed by atoms with E-state index in [2.05, 4.69) is 10.4 Å². The minimum absolute atomic E-state index is 0.479. The van der Waals surface area contributed by atoms with Crippen LogP contribution in [0.3, 0.4) is 0 Å². The number of amides is 1. The molecule has 0 aliphatic heterocycles. The summed E-state index contributed by atoms with van der Waals surface area (Å²) in [5.74, 6) is 0. The molecule has 1 amide bonds. The molecule has 5 nitrogen and oxygen atoms in total. The molecular weight excluding hydrogens is 168 g/mol. The first-order valence-electron chi connectivity index (χ1n) is 4.16. The fraction of sp³-hybridized carbons (Fsp3) is 0.500. The Morgan fingerprint density at radius 3 is 3.15 bits per heavy atom. The molecule has 1 rings (SSSR count). The monoisotopic (exact) mass is 182 g/mol. The number of aryl methyl sites for hydroxylation is 1. The van der Waals surface area contributed by atoms with Gasteiger partial charge in [0.25, 0.3) is 0 Å². The molecule has 0 fully saturated rings. The molecule has 0 aliphatic rings. The van der Waals surface area contributed by atoms with Crippen LogP contribution in [0.1, 0.15) is 11.3 Å². The van der Waals surface area contributed by atoms with Crippen molar-refractivity contribution in [3.8, 4) is 0 Å². The smallest absolute Gasteiger partial charge is 0.207 e. The Kier molecular flexibility index (Phi) is 3.45. The van der Waals surface area contributed by atoms with Gasteiger partial charge in [-0.05, 0) is 12.0 Å². The van der Waals surface area contributed by atoms with Crippen molar-refractivity contribution in [1.29, 1.82) is 0 Å². The summed E-state index contributed by atoms with van der Waals surface area (Å²) in [6.07, 6.45) is 3.26. The first-order valence-corrected chi connectivity index (χ1v) is 4.16. The van der Waals surface area contributed by atoms with Gasteiger partial charge in [0, 0.05) is 20.1 Å². The van der Waals surface area contributed by atoms with Crippen LogP contribution in [0.25, 0.3) is 0 Å². The molecule has 0 aromatic carbocycles. The molecule has 0 atom stereocenters. The lowest BCUT2D eigenvalue weighted by Crippen LogP contribution is -2.15. The quantitative estimate of drug-likeness (QED) is 0.461. The summed E-state index contributed by atoms with van der Waals surface area (Å²) in [6.45, 7) is 1.11. The number of carbonyl (C=O) groups is 1. The van der Waals surface area contributed by atoms with Gasteiger partial charge in [-0.25, -0.2) is 0 Å². The van der Waals surface area contributed by atoms with Gasteiger partial charge in [0.05, 0.1) is 11.9 Å². The number of carbonyl (C=O) groups excluding carboxylic acids is 1. The van der Waals surface area contributed by atoms with Gasteiger partial charge >= 0.3 is 0 Å². The number of nitrogens with two attached hydrogens (primary N) is 1.